The third-order valence-electron chi connectivity index (χ3n) is 2.15. The van der Waals surface area contributed by atoms with Gasteiger partial charge in [0.2, 0.25) is 0 Å². The number of unbranched alkanes of at least 4 members (excludes halogenated alkanes) is 2. The van der Waals surface area contributed by atoms with Gasteiger partial charge in [0.25, 0.3) is 0 Å². The Hall–Kier alpha value is -0.300. The van der Waals surface area contributed by atoms with E-state index in [-0.39, 0.29) is 0 Å². The molecule has 0 N–H and O–H groups in total. The minimum atomic E-state index is 1.12. The van der Waals surface area contributed by atoms with Gasteiger partial charge in [-0.3, -0.25) is 0 Å². The molecule has 0 aliphatic heterocycles. The van der Waals surface area contributed by atoms with Crippen LogP contribution in [0.4, 0.5) is 0 Å². The average Bonchev–Trinajstić information content (AvgIpc) is 2.11. The van der Waals surface area contributed by atoms with Crippen molar-refractivity contribution in [2.45, 2.75) is 40.0 Å². The molecule has 0 aromatic heterocycles. The van der Waals surface area contributed by atoms with Gasteiger partial charge < -0.3 is 4.90 Å². The molecule has 0 aliphatic rings. The molecule has 0 bridgehead atoms. The van der Waals surface area contributed by atoms with E-state index in [1.54, 1.807) is 0 Å². The lowest BCUT2D eigenvalue weighted by atomic mass is 10.2. The van der Waals surface area contributed by atoms with Gasteiger partial charge in [0.05, 0.1) is 0 Å². The fourth-order valence-electron chi connectivity index (χ4n) is 1.15. The molecule has 0 heterocycles. The predicted octanol–water partition coefficient (Wildman–Crippen LogP) is 3.07. The fourth-order valence-corrected chi connectivity index (χ4v) is 1.15. The van der Waals surface area contributed by atoms with Crippen molar-refractivity contribution >= 4 is 0 Å². The van der Waals surface area contributed by atoms with E-state index in [9.17, 15) is 0 Å². The van der Waals surface area contributed by atoms with Crippen molar-refractivity contribution in [3.63, 3.8) is 0 Å². The second-order valence-electron chi connectivity index (χ2n) is 3.10. The Kier molecular flexibility index (Phi) is 8.57. The molecule has 12 heavy (non-hydrogen) atoms. The molecule has 1 nitrogen and oxygen atoms in total. The van der Waals surface area contributed by atoms with Gasteiger partial charge in [-0.1, -0.05) is 45.8 Å². The van der Waals surface area contributed by atoms with Crippen molar-refractivity contribution in [2.75, 3.05) is 19.6 Å². The molecular weight excluding hydrogens is 146 g/mol. The SMILES string of the molecule is CCCC/C=C\CN(CC)CC. The maximum atomic E-state index is 2.42. The Morgan fingerprint density at radius 2 is 1.67 bits per heavy atom. The minimum Gasteiger partial charge on any atom is -0.300 e. The van der Waals surface area contributed by atoms with Crippen LogP contribution >= 0.6 is 0 Å². The first-order valence-corrected chi connectivity index (χ1v) is 5.22. The van der Waals surface area contributed by atoms with E-state index < -0.39 is 0 Å². The second-order valence-corrected chi connectivity index (χ2v) is 3.10. The number of allylic oxidation sites excluding steroid dienone is 1. The normalized spacial score (nSPS) is 11.7. The number of nitrogens with zero attached hydrogens (tertiary/aromatic N) is 1. The maximum Gasteiger partial charge on any atom is 0.0162 e. The monoisotopic (exact) mass is 169 g/mol. The number of hydrogen-bond acceptors (Lipinski definition) is 1. The van der Waals surface area contributed by atoms with Gasteiger partial charge in [-0.15, -0.1) is 0 Å². The molecule has 0 atom stereocenters. The van der Waals surface area contributed by atoms with Crippen molar-refractivity contribution in [3.05, 3.63) is 12.2 Å². The highest BCUT2D eigenvalue weighted by atomic mass is 15.1. The summed E-state index contributed by atoms with van der Waals surface area (Å²) < 4.78 is 0. The van der Waals surface area contributed by atoms with E-state index in [0.717, 1.165) is 19.6 Å². The summed E-state index contributed by atoms with van der Waals surface area (Å²) in [5, 5.41) is 0. The smallest absolute Gasteiger partial charge is 0.0162 e. The molecule has 1 heteroatoms. The van der Waals surface area contributed by atoms with Crippen molar-refractivity contribution in [1.29, 1.82) is 0 Å². The zero-order chi connectivity index (χ0) is 9.23. The Labute approximate surface area is 77.5 Å². The van der Waals surface area contributed by atoms with Gasteiger partial charge in [0.15, 0.2) is 0 Å². The van der Waals surface area contributed by atoms with E-state index in [2.05, 4.69) is 37.8 Å². The first-order valence-electron chi connectivity index (χ1n) is 5.22. The third-order valence-corrected chi connectivity index (χ3v) is 2.15. The topological polar surface area (TPSA) is 3.24 Å². The van der Waals surface area contributed by atoms with Crippen molar-refractivity contribution in [3.8, 4) is 0 Å². The number of rotatable bonds is 7. The fraction of sp³-hybridized carbons (Fsp3) is 0.818. The van der Waals surface area contributed by atoms with Gasteiger partial charge >= 0.3 is 0 Å². The summed E-state index contributed by atoms with van der Waals surface area (Å²) in [7, 11) is 0. The molecule has 0 fully saturated rings. The van der Waals surface area contributed by atoms with Crippen LogP contribution in [0.1, 0.15) is 40.0 Å². The van der Waals surface area contributed by atoms with Crippen LogP contribution in [-0.2, 0) is 0 Å². The molecular formula is C11H23N. The van der Waals surface area contributed by atoms with Crippen LogP contribution in [0.3, 0.4) is 0 Å². The summed E-state index contributed by atoms with van der Waals surface area (Å²) in [6, 6.07) is 0. The van der Waals surface area contributed by atoms with Crippen LogP contribution in [-0.4, -0.2) is 24.5 Å². The van der Waals surface area contributed by atoms with Gasteiger partial charge in [-0.05, 0) is 19.5 Å². The maximum absolute atomic E-state index is 2.42. The summed E-state index contributed by atoms with van der Waals surface area (Å²) in [4.78, 5) is 2.42. The highest BCUT2D eigenvalue weighted by Gasteiger charge is 1.92. The van der Waals surface area contributed by atoms with Crippen LogP contribution in [0.5, 0.6) is 0 Å². The minimum absolute atomic E-state index is 1.12. The molecule has 0 unspecified atom stereocenters. The third kappa shape index (κ3) is 6.41. The summed E-state index contributed by atoms with van der Waals surface area (Å²) in [6.07, 6.45) is 8.48. The van der Waals surface area contributed by atoms with Crippen molar-refractivity contribution < 1.29 is 0 Å². The molecule has 0 amide bonds. The summed E-state index contributed by atoms with van der Waals surface area (Å²) in [5.74, 6) is 0. The lowest BCUT2D eigenvalue weighted by Crippen LogP contribution is -2.22. The van der Waals surface area contributed by atoms with Crippen LogP contribution in [0.15, 0.2) is 12.2 Å². The highest BCUT2D eigenvalue weighted by Crippen LogP contribution is 1.95. The molecule has 0 radical (unpaired) electrons. The molecule has 0 aliphatic carbocycles. The van der Waals surface area contributed by atoms with Gasteiger partial charge in [-0.25, -0.2) is 0 Å². The van der Waals surface area contributed by atoms with Crippen molar-refractivity contribution in [1.82, 2.24) is 4.90 Å². The summed E-state index contributed by atoms with van der Waals surface area (Å²) >= 11 is 0. The lowest BCUT2D eigenvalue weighted by molar-refractivity contribution is 0.337. The quantitative estimate of drug-likeness (QED) is 0.418. The van der Waals surface area contributed by atoms with E-state index >= 15 is 0 Å². The Morgan fingerprint density at radius 3 is 2.17 bits per heavy atom. The molecule has 0 aromatic rings. The molecule has 0 saturated carbocycles. The average molecular weight is 169 g/mol. The molecule has 72 valence electrons. The predicted molar refractivity (Wildman–Crippen MR) is 56.5 cm³/mol. The zero-order valence-electron chi connectivity index (χ0n) is 8.84. The highest BCUT2D eigenvalue weighted by molar-refractivity contribution is 4.84. The summed E-state index contributed by atoms with van der Waals surface area (Å²) in [6.45, 7) is 10.1. The van der Waals surface area contributed by atoms with Crippen LogP contribution in [0.2, 0.25) is 0 Å². The molecule has 0 rings (SSSR count). The Balaban J connectivity index is 3.31. The standard InChI is InChI=1S/C11H23N/c1-4-7-8-9-10-11-12(5-2)6-3/h9-10H,4-8,11H2,1-3H3/b10-9-. The lowest BCUT2D eigenvalue weighted by Gasteiger charge is -2.14. The van der Waals surface area contributed by atoms with Crippen LogP contribution in [0.25, 0.3) is 0 Å². The van der Waals surface area contributed by atoms with Gasteiger partial charge in [-0.2, -0.15) is 0 Å². The van der Waals surface area contributed by atoms with Gasteiger partial charge in [0.1, 0.15) is 0 Å². The zero-order valence-corrected chi connectivity index (χ0v) is 8.84. The first-order chi connectivity index (χ1) is 5.85. The number of hydrogen-bond donors (Lipinski definition) is 0. The second kappa shape index (κ2) is 8.79. The van der Waals surface area contributed by atoms with Gasteiger partial charge in [0, 0.05) is 6.54 Å². The van der Waals surface area contributed by atoms with E-state index in [0.29, 0.717) is 0 Å². The van der Waals surface area contributed by atoms with E-state index in [4.69, 9.17) is 0 Å². The molecule has 0 spiro atoms. The Bertz CT molecular complexity index is 104. The van der Waals surface area contributed by atoms with Crippen molar-refractivity contribution in [2.24, 2.45) is 0 Å². The molecule has 0 saturated heterocycles. The van der Waals surface area contributed by atoms with Crippen LogP contribution < -0.4 is 0 Å². The number of likely N-dealkylation sites (N-methyl/N-ethyl adjacent to an activating group) is 1. The Morgan fingerprint density at radius 1 is 1.00 bits per heavy atom. The summed E-state index contributed by atoms with van der Waals surface area (Å²) in [5.41, 5.74) is 0. The molecule has 0 aromatic carbocycles. The van der Waals surface area contributed by atoms with Crippen LogP contribution in [0, 0.1) is 0 Å². The van der Waals surface area contributed by atoms with E-state index in [1.807, 2.05) is 0 Å². The van der Waals surface area contributed by atoms with E-state index in [1.165, 1.54) is 19.3 Å². The largest absolute Gasteiger partial charge is 0.300 e. The first kappa shape index (κ1) is 11.7.